The number of methoxy groups -OCH3 is 1. The van der Waals surface area contributed by atoms with Gasteiger partial charge in [-0.1, -0.05) is 18.2 Å². The second-order valence-electron chi connectivity index (χ2n) is 5.15. The number of amides is 1. The molecule has 0 aliphatic heterocycles. The van der Waals surface area contributed by atoms with Gasteiger partial charge >= 0.3 is 0 Å². The zero-order valence-electron chi connectivity index (χ0n) is 13.0. The van der Waals surface area contributed by atoms with Crippen LogP contribution in [0.15, 0.2) is 60.9 Å². The van der Waals surface area contributed by atoms with E-state index >= 15 is 0 Å². The Hall–Kier alpha value is -3.21. The first-order chi connectivity index (χ1) is 11.7. The highest BCUT2D eigenvalue weighted by Crippen LogP contribution is 2.22. The van der Waals surface area contributed by atoms with Gasteiger partial charge in [-0.05, 0) is 46.7 Å². The number of carbonyl (C=O) groups is 1. The summed E-state index contributed by atoms with van der Waals surface area (Å²) in [5.74, 6) is -0.182. The summed E-state index contributed by atoms with van der Waals surface area (Å²) in [5, 5.41) is 4.57. The minimum absolute atomic E-state index is 0.102. The monoisotopic (exact) mass is 322 g/mol. The highest BCUT2D eigenvalue weighted by Gasteiger charge is 2.04. The maximum Gasteiger partial charge on any atom is 0.248 e. The molecule has 5 heteroatoms. The number of nitrogens with zero attached hydrogens (tertiary/aromatic N) is 1. The molecule has 0 fully saturated rings. The van der Waals surface area contributed by atoms with Crippen LogP contribution in [-0.2, 0) is 4.79 Å². The van der Waals surface area contributed by atoms with Gasteiger partial charge in [0.15, 0.2) is 5.82 Å². The number of hydrogen-bond acceptors (Lipinski definition) is 3. The molecule has 1 amide bonds. The third-order valence-corrected chi connectivity index (χ3v) is 3.53. The summed E-state index contributed by atoms with van der Waals surface area (Å²) >= 11 is 0. The van der Waals surface area contributed by atoms with E-state index in [9.17, 15) is 9.18 Å². The lowest BCUT2D eigenvalue weighted by molar-refractivity contribution is -0.111. The molecule has 0 radical (unpaired) electrons. The molecule has 0 atom stereocenters. The number of anilines is 1. The van der Waals surface area contributed by atoms with Crippen LogP contribution >= 0.6 is 0 Å². The Morgan fingerprint density at radius 3 is 2.75 bits per heavy atom. The molecule has 120 valence electrons. The van der Waals surface area contributed by atoms with Crippen LogP contribution in [0.4, 0.5) is 10.1 Å². The summed E-state index contributed by atoms with van der Waals surface area (Å²) in [7, 11) is 1.63. The number of ether oxygens (including phenoxy) is 1. The SMILES string of the molecule is COc1ccc2cc(/C=C/C(=O)Nc3ccncc3F)ccc2c1. The molecular formula is C19H15FN2O2. The molecule has 3 rings (SSSR count). The fourth-order valence-electron chi connectivity index (χ4n) is 2.30. The third kappa shape index (κ3) is 3.57. The van der Waals surface area contributed by atoms with E-state index < -0.39 is 11.7 Å². The van der Waals surface area contributed by atoms with E-state index in [2.05, 4.69) is 10.3 Å². The van der Waals surface area contributed by atoms with E-state index in [1.807, 2.05) is 36.4 Å². The Bertz CT molecular complexity index is 922. The molecule has 0 spiro atoms. The molecule has 24 heavy (non-hydrogen) atoms. The lowest BCUT2D eigenvalue weighted by atomic mass is 10.1. The van der Waals surface area contributed by atoms with Crippen molar-refractivity contribution in [3.63, 3.8) is 0 Å². The van der Waals surface area contributed by atoms with E-state index in [0.29, 0.717) is 0 Å². The van der Waals surface area contributed by atoms with Gasteiger partial charge in [-0.15, -0.1) is 0 Å². The Balaban J connectivity index is 1.75. The molecule has 2 aromatic carbocycles. The van der Waals surface area contributed by atoms with Crippen LogP contribution < -0.4 is 10.1 Å². The summed E-state index contributed by atoms with van der Waals surface area (Å²) < 4.78 is 18.6. The largest absolute Gasteiger partial charge is 0.497 e. The van der Waals surface area contributed by atoms with Crippen molar-refractivity contribution >= 4 is 28.4 Å². The summed E-state index contributed by atoms with van der Waals surface area (Å²) in [6, 6.07) is 13.0. The molecule has 0 bridgehead atoms. The zero-order valence-corrected chi connectivity index (χ0v) is 13.0. The first-order valence-electron chi connectivity index (χ1n) is 7.32. The van der Waals surface area contributed by atoms with Crippen LogP contribution in [0.2, 0.25) is 0 Å². The fraction of sp³-hybridized carbons (Fsp3) is 0.0526. The normalized spacial score (nSPS) is 10.9. The quantitative estimate of drug-likeness (QED) is 0.738. The van der Waals surface area contributed by atoms with Gasteiger partial charge in [-0.3, -0.25) is 9.78 Å². The number of hydrogen-bond donors (Lipinski definition) is 1. The van der Waals surface area contributed by atoms with Crippen molar-refractivity contribution in [2.45, 2.75) is 0 Å². The smallest absolute Gasteiger partial charge is 0.248 e. The van der Waals surface area contributed by atoms with Crippen LogP contribution in [0.25, 0.3) is 16.8 Å². The first kappa shape index (κ1) is 15.7. The minimum atomic E-state index is -0.570. The third-order valence-electron chi connectivity index (χ3n) is 3.53. The van der Waals surface area contributed by atoms with Crippen molar-refractivity contribution in [1.29, 1.82) is 0 Å². The molecule has 3 aromatic rings. The number of pyridine rings is 1. The van der Waals surface area contributed by atoms with Crippen molar-refractivity contribution in [2.24, 2.45) is 0 Å². The number of aromatic nitrogens is 1. The summed E-state index contributed by atoms with van der Waals surface area (Å²) in [6.07, 6.45) is 5.51. The van der Waals surface area contributed by atoms with Gasteiger partial charge in [-0.2, -0.15) is 0 Å². The Morgan fingerprint density at radius 2 is 1.96 bits per heavy atom. The second-order valence-corrected chi connectivity index (χ2v) is 5.15. The lowest BCUT2D eigenvalue weighted by Gasteiger charge is -2.04. The van der Waals surface area contributed by atoms with Gasteiger partial charge in [0.1, 0.15) is 5.75 Å². The lowest BCUT2D eigenvalue weighted by Crippen LogP contribution is -2.09. The van der Waals surface area contributed by atoms with E-state index in [-0.39, 0.29) is 5.69 Å². The van der Waals surface area contributed by atoms with E-state index in [4.69, 9.17) is 4.74 Å². The summed E-state index contributed by atoms with van der Waals surface area (Å²) in [5.41, 5.74) is 0.975. The van der Waals surface area contributed by atoms with E-state index in [0.717, 1.165) is 28.3 Å². The van der Waals surface area contributed by atoms with Gasteiger partial charge in [0.2, 0.25) is 5.91 Å². The number of halogens is 1. The number of benzene rings is 2. The van der Waals surface area contributed by atoms with Gasteiger partial charge in [0.25, 0.3) is 0 Å². The molecule has 1 aromatic heterocycles. The van der Waals surface area contributed by atoms with Crippen molar-refractivity contribution in [3.8, 4) is 5.75 Å². The highest BCUT2D eigenvalue weighted by molar-refractivity contribution is 6.02. The first-order valence-corrected chi connectivity index (χ1v) is 7.32. The average molecular weight is 322 g/mol. The summed E-state index contributed by atoms with van der Waals surface area (Å²) in [4.78, 5) is 15.5. The molecule has 0 saturated heterocycles. The fourth-order valence-corrected chi connectivity index (χ4v) is 2.30. The molecular weight excluding hydrogens is 307 g/mol. The van der Waals surface area contributed by atoms with Crippen molar-refractivity contribution in [2.75, 3.05) is 12.4 Å². The van der Waals surface area contributed by atoms with Crippen LogP contribution in [0.5, 0.6) is 5.75 Å². The molecule has 0 unspecified atom stereocenters. The van der Waals surface area contributed by atoms with E-state index in [1.165, 1.54) is 18.3 Å². The van der Waals surface area contributed by atoms with Gasteiger partial charge in [0, 0.05) is 12.3 Å². The Labute approximate surface area is 138 Å². The predicted molar refractivity (Wildman–Crippen MR) is 92.4 cm³/mol. The van der Waals surface area contributed by atoms with Crippen LogP contribution in [0.1, 0.15) is 5.56 Å². The van der Waals surface area contributed by atoms with Crippen LogP contribution in [0.3, 0.4) is 0 Å². The molecule has 0 aliphatic rings. The molecule has 0 saturated carbocycles. The highest BCUT2D eigenvalue weighted by atomic mass is 19.1. The topological polar surface area (TPSA) is 51.2 Å². The standard InChI is InChI=1S/C19H15FN2O2/c1-24-16-6-5-14-10-13(2-4-15(14)11-16)3-7-19(23)22-18-8-9-21-12-17(18)20/h2-12H,1H3,(H,21,22,23)/b7-3+. The van der Waals surface area contributed by atoms with Crippen LogP contribution in [0, 0.1) is 5.82 Å². The molecule has 0 aliphatic carbocycles. The van der Waals surface area contributed by atoms with Crippen molar-refractivity contribution in [3.05, 3.63) is 72.3 Å². The van der Waals surface area contributed by atoms with Crippen molar-refractivity contribution < 1.29 is 13.9 Å². The van der Waals surface area contributed by atoms with Gasteiger partial charge < -0.3 is 10.1 Å². The number of rotatable bonds is 4. The predicted octanol–water partition coefficient (Wildman–Crippen LogP) is 4.03. The summed E-state index contributed by atoms with van der Waals surface area (Å²) in [6.45, 7) is 0. The zero-order chi connectivity index (χ0) is 16.9. The Kier molecular flexibility index (Phi) is 4.52. The molecule has 1 heterocycles. The van der Waals surface area contributed by atoms with Crippen molar-refractivity contribution in [1.82, 2.24) is 4.98 Å². The number of fused-ring (bicyclic) bond motifs is 1. The van der Waals surface area contributed by atoms with Gasteiger partial charge in [0.05, 0.1) is 19.0 Å². The maximum absolute atomic E-state index is 13.4. The molecule has 4 nitrogen and oxygen atoms in total. The van der Waals surface area contributed by atoms with Gasteiger partial charge in [-0.25, -0.2) is 4.39 Å². The second kappa shape index (κ2) is 6.91. The number of nitrogens with one attached hydrogen (secondary N) is 1. The van der Waals surface area contributed by atoms with E-state index in [1.54, 1.807) is 13.2 Å². The average Bonchev–Trinajstić information content (AvgIpc) is 2.61. The minimum Gasteiger partial charge on any atom is -0.497 e. The number of carbonyl (C=O) groups excluding carboxylic acids is 1. The van der Waals surface area contributed by atoms with Crippen LogP contribution in [-0.4, -0.2) is 18.0 Å². The Morgan fingerprint density at radius 1 is 1.17 bits per heavy atom. The molecule has 1 N–H and O–H groups in total. The maximum atomic E-state index is 13.4.